The van der Waals surface area contributed by atoms with Gasteiger partial charge < -0.3 is 98.0 Å². The van der Waals surface area contributed by atoms with Gasteiger partial charge in [0.05, 0.1) is 199 Å². The summed E-state index contributed by atoms with van der Waals surface area (Å²) in [5.74, 6) is -3.11. The number of carbonyl (C=O) groups excluding carboxylic acids is 5. The summed E-state index contributed by atoms with van der Waals surface area (Å²) in [6.07, 6.45) is 17.3. The SMILES string of the molecule is CCN(CC)CC.COC(=O)c1ccc(N)c(NCc2cncn2C)c1.COC(=O)c1ccc([N+](=O)[O-])c(F)c1.COC(=O)c1ccc([N+](=O)[O-])c(NCc2cncn2C)c1.COC(=O)c1ccc2nc(CCl)n(Cc3cncn3C)c2c1.COC(=O)c1ccc2nc(CO)n(Cc3cncn3C)c2c1.Cn1cncc1CN.O=C(O)CO.O=S(Cl)Cl.PPP(P)P(P(P)P)P(P(P(P)P)P(P)P)P(P(P)P)P(P)P.[2HH].[2H][2H].[2H][2H].[2H][2H].[2H][2H].[HH]. The van der Waals surface area contributed by atoms with Crippen molar-refractivity contribution in [1.29, 1.82) is 0 Å². The minimum Gasteiger partial charge on any atom is -0.480 e. The molecule has 9 N–H and O–H groups in total. The molecular weight excluding hydrogens is 2390 g/mol. The predicted molar refractivity (Wildman–Crippen MR) is 660 cm³/mol. The molecular formula is C77H132Cl3FN21O19P23S. The van der Waals surface area contributed by atoms with Crippen LogP contribution in [0.3, 0.4) is 0 Å². The number of methoxy groups -OCH3 is 5. The Balaban J connectivity index is -0.000000835. The lowest BCUT2D eigenvalue weighted by molar-refractivity contribution is -0.387. The fourth-order valence-electron chi connectivity index (χ4n) is 11.6. The van der Waals surface area contributed by atoms with Gasteiger partial charge in [0.25, 0.3) is 5.69 Å². The molecule has 40 nitrogen and oxygen atoms in total. The molecule has 0 fully saturated rings. The minimum atomic E-state index is -1.67. The number of imidazole rings is 7. The molecule has 7 aromatic heterocycles. The van der Waals surface area contributed by atoms with Gasteiger partial charge in [-0.3, -0.25) is 20.2 Å². The number of aliphatic hydroxyl groups excluding tert-OH is 2. The highest BCUT2D eigenvalue weighted by Gasteiger charge is 2.45. The summed E-state index contributed by atoms with van der Waals surface area (Å²) in [4.78, 5) is 118. The molecule has 0 aliphatic carbocycles. The molecule has 12 aromatic rings. The first-order valence-electron chi connectivity index (χ1n) is 45.2. The van der Waals surface area contributed by atoms with E-state index in [9.17, 15) is 53.7 Å². The number of hydrogen-bond donors (Lipinski definition) is 7. The minimum absolute atomic E-state index is 0. The van der Waals surface area contributed by atoms with Crippen LogP contribution >= 0.6 is 218 Å². The summed E-state index contributed by atoms with van der Waals surface area (Å²) in [6.45, 7) is 12.4. The number of rotatable bonds is 34. The molecule has 5 aromatic carbocycles. The number of nitro benzene ring substituents is 2. The lowest BCUT2D eigenvalue weighted by Gasteiger charge is -2.47. The number of alkyl halides is 1. The number of carbonyl (C=O) groups is 6. The van der Waals surface area contributed by atoms with Gasteiger partial charge in [0.1, 0.15) is 30.5 Å². The lowest BCUT2D eigenvalue weighted by Crippen LogP contribution is -2.21. The van der Waals surface area contributed by atoms with Crippen LogP contribution in [0.4, 0.5) is 32.8 Å². The van der Waals surface area contributed by atoms with Crippen LogP contribution in [0.25, 0.3) is 22.1 Å². The average Bonchev–Trinajstić information content (AvgIpc) is 1.62. The molecule has 0 aliphatic rings. The molecule has 0 saturated heterocycles. The first kappa shape index (κ1) is 129. The molecule has 0 bridgehead atoms. The standard InChI is InChI=1S/C15H15ClN4O2.C15H16N4O3.C13H14N4O4.C13H16N4O2.C8H6FNO4.C6H15N.C5H9N3.C2H4O3.Cl2OS.H25P23.6H2/c1-19-9-17-7-11(19)8-20-13-5-10(15(21)22-2)3-4-12(13)18-14(20)6-16;1-18-9-16-6-11(18)7-19-13-5-10(15(21)22-2)3-4-12(13)17-14(19)8-20;1-16-8-14-6-10(16)7-15-11-5-9(13(18)21-2)3-4-12(11)17(19)20;1-17-8-15-6-10(17)7-16-12-5-9(13(18)19-2)3-4-11(12)14;1-14-8(11)5-2-3-7(10(12)13)6(9)4-5;1-4-7(5-2)6-3;1-8-4-7-3-5(8)2-6;3-1-2(4)5;1-4(2)3;1-13-19(12)22(18(10)11)23(20(14(2)3)15(4)5)21(16(6)7)17(8)9;;;;;;/h3-5,7,9H,6,8H2,1-2H3;3-6,9,20H,7-8H2,1-2H3;3-6,8,15H,7H2,1-2H3;3-6,8,16H,7,14H2,1-2H3;2-4H,1H3;4-6H2,1-3H3;3-4H,2,6H2,1H3;3H,1H2,(H,4,5);;13H,1-12H2;6*1H/i;;;;;;;;;;4*1+1D;1+1;. The third-order valence-electron chi connectivity index (χ3n) is 19.1. The van der Waals surface area contributed by atoms with Crippen LogP contribution in [0, 0.1) is 26.0 Å². The quantitative estimate of drug-likeness (QED) is 0.00288. The van der Waals surface area contributed by atoms with E-state index < -0.39 is 61.1 Å². The molecule has 0 spiro atoms. The van der Waals surface area contributed by atoms with Gasteiger partial charge in [-0.25, -0.2) is 67.9 Å². The van der Waals surface area contributed by atoms with Crippen molar-refractivity contribution in [2.75, 3.05) is 78.2 Å². The molecule has 7 heterocycles. The van der Waals surface area contributed by atoms with E-state index in [0.29, 0.717) is 72.5 Å². The fraction of sp³-hybridized carbons (Fsp3) is 0.312. The number of carboxylic acids is 1. The van der Waals surface area contributed by atoms with Gasteiger partial charge in [-0.1, -0.05) is 28.7 Å². The number of aliphatic hydroxyl groups is 2. The number of aryl methyl sites for hydroxylation is 5. The summed E-state index contributed by atoms with van der Waals surface area (Å²) < 4.78 is 98.5. The summed E-state index contributed by atoms with van der Waals surface area (Å²) in [5.41, 5.74) is 21.6. The Morgan fingerprint density at radius 3 is 1.12 bits per heavy atom. The zero-order valence-electron chi connectivity index (χ0n) is 88.7. The van der Waals surface area contributed by atoms with Crippen LogP contribution in [0.5, 0.6) is 0 Å². The monoisotopic (exact) mass is 2530 g/mol. The number of carboxylic acid groups (broad SMARTS) is 1. The normalized spacial score (nSPS) is 11.5. The van der Waals surface area contributed by atoms with E-state index in [-0.39, 0.29) is 114 Å². The molecule has 0 amide bonds. The fourth-order valence-corrected chi connectivity index (χ4v) is 294. The Kier molecular flexibility index (Phi) is 64.3. The lowest BCUT2D eigenvalue weighted by atomic mass is 10.1. The van der Waals surface area contributed by atoms with E-state index in [1.807, 2.05) is 62.6 Å². The van der Waals surface area contributed by atoms with Crippen LogP contribution in [-0.2, 0) is 118 Å². The zero-order chi connectivity index (χ0) is 117. The largest absolute Gasteiger partial charge is 0.480 e. The van der Waals surface area contributed by atoms with Gasteiger partial charge in [-0.15, -0.1) is 119 Å². The predicted octanol–water partition coefficient (Wildman–Crippen LogP) is 24.0. The van der Waals surface area contributed by atoms with E-state index in [4.69, 9.17) is 63.6 Å². The molecule has 68 heteroatoms. The number of nitrogen functional groups attached to an aromatic ring is 1. The second kappa shape index (κ2) is 72.5. The van der Waals surface area contributed by atoms with Gasteiger partial charge in [0.2, 0.25) is 15.0 Å². The molecule has 145 heavy (non-hydrogen) atoms. The van der Waals surface area contributed by atoms with Crippen molar-refractivity contribution >= 4 is 313 Å². The number of halogens is 4. The summed E-state index contributed by atoms with van der Waals surface area (Å²) in [7, 11) is 62.8. The number of nitro groups is 2. The Labute approximate surface area is 912 Å². The van der Waals surface area contributed by atoms with E-state index in [0.717, 1.165) is 89.6 Å². The highest BCUT2D eigenvalue weighted by molar-refractivity contribution is 9.39. The second-order valence-corrected chi connectivity index (χ2v) is 121. The van der Waals surface area contributed by atoms with Crippen molar-refractivity contribution in [2.24, 2.45) is 41.0 Å². The number of nitrogens with zero attached hydrogens (tertiary/aromatic N) is 17. The van der Waals surface area contributed by atoms with Crippen molar-refractivity contribution in [2.45, 2.75) is 66.0 Å². The number of aromatic nitrogens is 14. The van der Waals surface area contributed by atoms with Crippen LogP contribution in [0.15, 0.2) is 154 Å². The topological polar surface area (TPSA) is 517 Å². The van der Waals surface area contributed by atoms with Gasteiger partial charge in [0.15, 0.2) is 0 Å². The molecule has 808 valence electrons. The van der Waals surface area contributed by atoms with Gasteiger partial charge in [0, 0.05) is 121 Å². The van der Waals surface area contributed by atoms with Crippen molar-refractivity contribution < 1.29 is 101 Å². The number of anilines is 3. The third-order valence-corrected chi connectivity index (χ3v) is 166. The molecule has 15 unspecified atom stereocenters. The highest BCUT2D eigenvalue weighted by atomic mass is 36.0. The van der Waals surface area contributed by atoms with E-state index in [1.54, 1.807) is 122 Å². The maximum absolute atomic E-state index is 12.9. The molecule has 0 radical (unpaired) electrons. The molecule has 12 rings (SSSR count). The van der Waals surface area contributed by atoms with Crippen LogP contribution in [0.1, 0.15) is 127 Å². The van der Waals surface area contributed by atoms with Crippen LogP contribution in [-0.4, -0.2) is 199 Å². The van der Waals surface area contributed by atoms with E-state index in [2.05, 4.69) is 214 Å². The molecule has 0 aliphatic heterocycles. The first-order chi connectivity index (χ1) is 72.6. The number of fused-ring (bicyclic) bond motifs is 2. The number of aliphatic carboxylic acids is 1. The van der Waals surface area contributed by atoms with Crippen molar-refractivity contribution in [3.8, 4) is 0 Å². The maximum Gasteiger partial charge on any atom is 0.337 e. The summed E-state index contributed by atoms with van der Waals surface area (Å²) in [6, 6.07) is 22.3. The van der Waals surface area contributed by atoms with E-state index in [1.165, 1.54) is 66.3 Å². The van der Waals surface area contributed by atoms with Gasteiger partial charge in [-0.05, 0) is 168 Å². The van der Waals surface area contributed by atoms with E-state index >= 15 is 0 Å². The first-order valence-corrected chi connectivity index (χ1v) is 85.8. The number of nitrogens with one attached hydrogen (secondary N) is 2. The maximum atomic E-state index is 12.9. The molecule has 15 atom stereocenters. The van der Waals surface area contributed by atoms with Crippen molar-refractivity contribution in [3.63, 3.8) is 0 Å². The molecule has 0 saturated carbocycles. The van der Waals surface area contributed by atoms with Gasteiger partial charge >= 0.3 is 41.5 Å². The Bertz CT molecular complexity index is 6010. The van der Waals surface area contributed by atoms with Crippen LogP contribution < -0.4 is 22.1 Å². The smallest absolute Gasteiger partial charge is 0.337 e. The Morgan fingerprint density at radius 1 is 0.517 bits per heavy atom. The van der Waals surface area contributed by atoms with Gasteiger partial charge in [-0.2, -0.15) is 4.39 Å². The Hall–Kier alpha value is -3.21. The number of nitrogens with two attached hydrogens (primary N) is 2. The van der Waals surface area contributed by atoms with Crippen molar-refractivity contribution in [3.05, 3.63) is 248 Å². The average molecular weight is 2530 g/mol. The zero-order valence-corrected chi connectivity index (χ0v) is 108. The Morgan fingerprint density at radius 2 is 0.828 bits per heavy atom. The summed E-state index contributed by atoms with van der Waals surface area (Å²) in [5, 5.41) is 51.9. The third kappa shape index (κ3) is 45.6. The van der Waals surface area contributed by atoms with Crippen molar-refractivity contribution in [1.82, 2.24) is 71.8 Å². The number of ether oxygens (including phenoxy) is 5. The summed E-state index contributed by atoms with van der Waals surface area (Å²) >= 11 is 6.02. The van der Waals surface area contributed by atoms with Crippen LogP contribution in [0.2, 0.25) is 0 Å². The number of hydrogen-bond acceptors (Lipinski definition) is 30. The number of benzene rings is 5. The highest BCUT2D eigenvalue weighted by Crippen LogP contribution is 3.33. The number of esters is 5. The second-order valence-electron chi connectivity index (χ2n) is 28.3.